The minimum atomic E-state index is -0.531. The van der Waals surface area contributed by atoms with Crippen LogP contribution in [0.15, 0.2) is 0 Å². The van der Waals surface area contributed by atoms with Gasteiger partial charge in [-0.25, -0.2) is 0 Å². The van der Waals surface area contributed by atoms with Crippen LogP contribution in [0.4, 0.5) is 0 Å². The molecular formula is C10H19N3O2. The second-order valence-electron chi connectivity index (χ2n) is 4.78. The topological polar surface area (TPSA) is 84.2 Å². The molecule has 1 fully saturated rings. The lowest BCUT2D eigenvalue weighted by Crippen LogP contribution is -2.42. The maximum Gasteiger partial charge on any atom is 0.239 e. The van der Waals surface area contributed by atoms with E-state index >= 15 is 0 Å². The van der Waals surface area contributed by atoms with E-state index in [2.05, 4.69) is 10.6 Å². The first-order chi connectivity index (χ1) is 6.87. The Hall–Kier alpha value is -1.10. The monoisotopic (exact) mass is 213 g/mol. The fourth-order valence-corrected chi connectivity index (χ4v) is 1.16. The van der Waals surface area contributed by atoms with E-state index in [-0.39, 0.29) is 24.8 Å². The van der Waals surface area contributed by atoms with E-state index < -0.39 is 5.54 Å². The van der Waals surface area contributed by atoms with Gasteiger partial charge in [0, 0.05) is 18.0 Å². The fraction of sp³-hybridized carbons (Fsp3) is 0.800. The molecule has 5 heteroatoms. The first kappa shape index (κ1) is 12.0. The molecule has 1 aliphatic carbocycles. The second-order valence-corrected chi connectivity index (χ2v) is 4.78. The zero-order valence-corrected chi connectivity index (χ0v) is 9.30. The normalized spacial score (nSPS) is 15.9. The van der Waals surface area contributed by atoms with E-state index in [4.69, 9.17) is 5.73 Å². The molecule has 0 aliphatic heterocycles. The predicted molar refractivity (Wildman–Crippen MR) is 57.1 cm³/mol. The summed E-state index contributed by atoms with van der Waals surface area (Å²) < 4.78 is 0. The van der Waals surface area contributed by atoms with Crippen LogP contribution >= 0.6 is 0 Å². The molecule has 5 nitrogen and oxygen atoms in total. The van der Waals surface area contributed by atoms with E-state index in [9.17, 15) is 9.59 Å². The lowest BCUT2D eigenvalue weighted by Gasteiger charge is -2.17. The van der Waals surface area contributed by atoms with E-state index in [0.717, 1.165) is 12.8 Å². The van der Waals surface area contributed by atoms with Gasteiger partial charge in [-0.1, -0.05) is 0 Å². The first-order valence-corrected chi connectivity index (χ1v) is 5.22. The smallest absolute Gasteiger partial charge is 0.239 e. The molecule has 4 N–H and O–H groups in total. The number of carbonyl (C=O) groups excluding carboxylic acids is 2. The number of hydrogen-bond donors (Lipinski definition) is 3. The summed E-state index contributed by atoms with van der Waals surface area (Å²) in [5, 5.41) is 5.33. The molecule has 0 aromatic rings. The quantitative estimate of drug-likeness (QED) is 0.576. The Morgan fingerprint density at radius 1 is 1.33 bits per heavy atom. The third-order valence-electron chi connectivity index (χ3n) is 2.00. The Labute approximate surface area is 89.8 Å². The maximum atomic E-state index is 11.3. The van der Waals surface area contributed by atoms with Gasteiger partial charge in [0.15, 0.2) is 0 Å². The SMILES string of the molecule is CC(C)(N)CC(=O)NCC(=O)NC1CC1. The summed E-state index contributed by atoms with van der Waals surface area (Å²) in [6.45, 7) is 3.60. The molecule has 86 valence electrons. The largest absolute Gasteiger partial charge is 0.352 e. The number of nitrogens with one attached hydrogen (secondary N) is 2. The molecule has 0 unspecified atom stereocenters. The van der Waals surface area contributed by atoms with Gasteiger partial charge in [-0.2, -0.15) is 0 Å². The summed E-state index contributed by atoms with van der Waals surface area (Å²) in [5.41, 5.74) is 5.14. The molecule has 15 heavy (non-hydrogen) atoms. The van der Waals surface area contributed by atoms with Gasteiger partial charge in [-0.3, -0.25) is 9.59 Å². The van der Waals surface area contributed by atoms with Crippen LogP contribution < -0.4 is 16.4 Å². The van der Waals surface area contributed by atoms with E-state index in [1.165, 1.54) is 0 Å². The van der Waals surface area contributed by atoms with Crippen LogP contribution in [0, 0.1) is 0 Å². The number of nitrogens with two attached hydrogens (primary N) is 1. The Balaban J connectivity index is 2.12. The maximum absolute atomic E-state index is 11.3. The van der Waals surface area contributed by atoms with Crippen molar-refractivity contribution in [2.24, 2.45) is 5.73 Å². The molecule has 1 saturated carbocycles. The van der Waals surface area contributed by atoms with Crippen molar-refractivity contribution in [2.45, 2.75) is 44.7 Å². The molecule has 2 amide bonds. The number of hydrogen-bond acceptors (Lipinski definition) is 3. The molecule has 0 aromatic heterocycles. The van der Waals surface area contributed by atoms with Gasteiger partial charge in [-0.15, -0.1) is 0 Å². The third-order valence-corrected chi connectivity index (χ3v) is 2.00. The summed E-state index contributed by atoms with van der Waals surface area (Å²) >= 11 is 0. The number of amides is 2. The van der Waals surface area contributed by atoms with Crippen molar-refractivity contribution in [3.8, 4) is 0 Å². The fourth-order valence-electron chi connectivity index (χ4n) is 1.16. The number of carbonyl (C=O) groups is 2. The van der Waals surface area contributed by atoms with Crippen LogP contribution in [-0.2, 0) is 9.59 Å². The third kappa shape index (κ3) is 6.06. The van der Waals surface area contributed by atoms with Gasteiger partial charge in [0.1, 0.15) is 0 Å². The second kappa shape index (κ2) is 4.61. The van der Waals surface area contributed by atoms with Crippen LogP contribution in [0.5, 0.6) is 0 Å². The molecule has 0 aromatic carbocycles. The first-order valence-electron chi connectivity index (χ1n) is 5.22. The highest BCUT2D eigenvalue weighted by Gasteiger charge is 2.23. The summed E-state index contributed by atoms with van der Waals surface area (Å²) in [4.78, 5) is 22.5. The van der Waals surface area contributed by atoms with Crippen LogP contribution in [0.1, 0.15) is 33.1 Å². The summed E-state index contributed by atoms with van der Waals surface area (Å²) in [7, 11) is 0. The molecule has 0 heterocycles. The zero-order chi connectivity index (χ0) is 11.5. The summed E-state index contributed by atoms with van der Waals surface area (Å²) in [6.07, 6.45) is 2.33. The highest BCUT2D eigenvalue weighted by atomic mass is 16.2. The molecule has 1 rings (SSSR count). The van der Waals surface area contributed by atoms with Crippen molar-refractivity contribution in [1.82, 2.24) is 10.6 Å². The molecule has 0 bridgehead atoms. The molecule has 0 atom stereocenters. The van der Waals surface area contributed by atoms with Gasteiger partial charge in [-0.05, 0) is 26.7 Å². The Bertz CT molecular complexity index is 254. The average molecular weight is 213 g/mol. The minimum absolute atomic E-state index is 0.0470. The van der Waals surface area contributed by atoms with Crippen molar-refractivity contribution in [1.29, 1.82) is 0 Å². The van der Waals surface area contributed by atoms with Gasteiger partial charge in [0.25, 0.3) is 0 Å². The molecule has 0 saturated heterocycles. The molecule has 0 radical (unpaired) electrons. The van der Waals surface area contributed by atoms with Gasteiger partial charge in [0.2, 0.25) is 11.8 Å². The van der Waals surface area contributed by atoms with Crippen LogP contribution in [0.25, 0.3) is 0 Å². The van der Waals surface area contributed by atoms with Gasteiger partial charge in [0.05, 0.1) is 6.54 Å². The van der Waals surface area contributed by atoms with Crippen LogP contribution in [-0.4, -0.2) is 29.9 Å². The van der Waals surface area contributed by atoms with Gasteiger partial charge >= 0.3 is 0 Å². The Kier molecular flexibility index (Phi) is 3.68. The van der Waals surface area contributed by atoms with Crippen molar-refractivity contribution < 1.29 is 9.59 Å². The zero-order valence-electron chi connectivity index (χ0n) is 9.30. The Morgan fingerprint density at radius 3 is 2.40 bits per heavy atom. The van der Waals surface area contributed by atoms with E-state index in [1.54, 1.807) is 13.8 Å². The molecular weight excluding hydrogens is 194 g/mol. The van der Waals surface area contributed by atoms with Crippen molar-refractivity contribution in [2.75, 3.05) is 6.54 Å². The van der Waals surface area contributed by atoms with Gasteiger partial charge < -0.3 is 16.4 Å². The average Bonchev–Trinajstić information content (AvgIpc) is 2.81. The highest BCUT2D eigenvalue weighted by molar-refractivity contribution is 5.85. The molecule has 1 aliphatic rings. The lowest BCUT2D eigenvalue weighted by atomic mass is 10.0. The minimum Gasteiger partial charge on any atom is -0.352 e. The molecule has 0 spiro atoms. The van der Waals surface area contributed by atoms with Crippen molar-refractivity contribution in [3.63, 3.8) is 0 Å². The summed E-state index contributed by atoms with van der Waals surface area (Å²) in [5.74, 6) is -0.311. The Morgan fingerprint density at radius 2 is 1.93 bits per heavy atom. The van der Waals surface area contributed by atoms with E-state index in [0.29, 0.717) is 6.04 Å². The standard InChI is InChI=1S/C10H19N3O2/c1-10(2,11)5-8(14)12-6-9(15)13-7-3-4-7/h7H,3-6,11H2,1-2H3,(H,12,14)(H,13,15). The predicted octanol–water partition coefficient (Wildman–Crippen LogP) is -0.491. The van der Waals surface area contributed by atoms with Crippen molar-refractivity contribution >= 4 is 11.8 Å². The van der Waals surface area contributed by atoms with Crippen molar-refractivity contribution in [3.05, 3.63) is 0 Å². The lowest BCUT2D eigenvalue weighted by molar-refractivity contribution is -0.126. The van der Waals surface area contributed by atoms with E-state index in [1.807, 2.05) is 0 Å². The van der Waals surface area contributed by atoms with Crippen LogP contribution in [0.2, 0.25) is 0 Å². The number of rotatable bonds is 5. The highest BCUT2D eigenvalue weighted by Crippen LogP contribution is 2.18. The van der Waals surface area contributed by atoms with Crippen LogP contribution in [0.3, 0.4) is 0 Å². The summed E-state index contributed by atoms with van der Waals surface area (Å²) in [6, 6.07) is 0.334.